The Morgan fingerprint density at radius 2 is 2.00 bits per heavy atom. The van der Waals surface area contributed by atoms with E-state index in [4.69, 9.17) is 14.2 Å². The van der Waals surface area contributed by atoms with E-state index in [0.29, 0.717) is 18.6 Å². The molecule has 0 bridgehead atoms. The van der Waals surface area contributed by atoms with E-state index in [2.05, 4.69) is 0 Å². The van der Waals surface area contributed by atoms with Crippen LogP contribution in [0.5, 0.6) is 5.75 Å². The van der Waals surface area contributed by atoms with Crippen molar-refractivity contribution in [2.24, 2.45) is 0 Å². The lowest BCUT2D eigenvalue weighted by molar-refractivity contribution is -0.215. The van der Waals surface area contributed by atoms with Crippen LogP contribution in [0.4, 0.5) is 0 Å². The molecule has 1 aliphatic rings. The van der Waals surface area contributed by atoms with Gasteiger partial charge in [0.25, 0.3) is 5.79 Å². The minimum atomic E-state index is -1.08. The molecule has 0 aliphatic carbocycles. The number of carbonyl (C=O) groups excluding carboxylic acids is 2. The highest BCUT2D eigenvalue weighted by atomic mass is 16.7. The van der Waals surface area contributed by atoms with E-state index in [9.17, 15) is 9.59 Å². The molecule has 20 heavy (non-hydrogen) atoms. The summed E-state index contributed by atoms with van der Waals surface area (Å²) in [6.07, 6.45) is 0.287. The molecule has 0 N–H and O–H groups in total. The standard InChI is InChI=1S/C15H18O5/c1-4-15(19-11(3)17)9-14(18-10(2)16)12-7-5-6-8-13(12)20-15/h5-8,14H,4,9H2,1-3H3. The van der Waals surface area contributed by atoms with E-state index in [1.54, 1.807) is 6.07 Å². The van der Waals surface area contributed by atoms with Gasteiger partial charge < -0.3 is 14.2 Å². The third-order valence-corrected chi connectivity index (χ3v) is 3.23. The molecule has 0 radical (unpaired) electrons. The van der Waals surface area contributed by atoms with E-state index >= 15 is 0 Å². The molecule has 1 aromatic carbocycles. The Morgan fingerprint density at radius 3 is 2.60 bits per heavy atom. The lowest BCUT2D eigenvalue weighted by Gasteiger charge is -2.40. The fraction of sp³-hybridized carbons (Fsp3) is 0.467. The lowest BCUT2D eigenvalue weighted by Crippen LogP contribution is -2.45. The monoisotopic (exact) mass is 278 g/mol. The molecule has 0 saturated carbocycles. The Hall–Kier alpha value is -2.04. The summed E-state index contributed by atoms with van der Waals surface area (Å²) in [6, 6.07) is 7.29. The van der Waals surface area contributed by atoms with E-state index in [0.717, 1.165) is 5.56 Å². The molecular weight excluding hydrogens is 260 g/mol. The zero-order valence-corrected chi connectivity index (χ0v) is 11.8. The summed E-state index contributed by atoms with van der Waals surface area (Å²) in [6.45, 7) is 4.56. The largest absolute Gasteiger partial charge is 0.457 e. The number of benzene rings is 1. The molecule has 0 amide bonds. The normalized spacial score (nSPS) is 24.2. The van der Waals surface area contributed by atoms with Crippen LogP contribution < -0.4 is 4.74 Å². The number of hydrogen-bond donors (Lipinski definition) is 0. The highest BCUT2D eigenvalue weighted by Crippen LogP contribution is 2.43. The SMILES string of the molecule is CCC1(OC(C)=O)CC(OC(C)=O)c2ccccc2O1. The van der Waals surface area contributed by atoms with Crippen LogP contribution in [-0.4, -0.2) is 17.7 Å². The van der Waals surface area contributed by atoms with Gasteiger partial charge in [-0.3, -0.25) is 9.59 Å². The van der Waals surface area contributed by atoms with E-state index in [1.807, 2.05) is 25.1 Å². The molecule has 0 spiro atoms. The minimum Gasteiger partial charge on any atom is -0.457 e. The molecule has 0 aromatic heterocycles. The van der Waals surface area contributed by atoms with Crippen molar-refractivity contribution in [1.82, 2.24) is 0 Å². The molecule has 0 fully saturated rings. The predicted octanol–water partition coefficient (Wildman–Crippen LogP) is 2.74. The minimum absolute atomic E-state index is 0.291. The number of para-hydroxylation sites is 1. The van der Waals surface area contributed by atoms with Gasteiger partial charge >= 0.3 is 11.9 Å². The Balaban J connectivity index is 2.38. The second kappa shape index (κ2) is 5.53. The number of rotatable bonds is 3. The second-order valence-corrected chi connectivity index (χ2v) is 4.80. The Labute approximate surface area is 117 Å². The van der Waals surface area contributed by atoms with Crippen molar-refractivity contribution in [3.05, 3.63) is 29.8 Å². The number of fused-ring (bicyclic) bond motifs is 1. The van der Waals surface area contributed by atoms with Crippen molar-refractivity contribution in [2.75, 3.05) is 0 Å². The van der Waals surface area contributed by atoms with Gasteiger partial charge in [0.1, 0.15) is 11.9 Å². The van der Waals surface area contributed by atoms with Crippen molar-refractivity contribution >= 4 is 11.9 Å². The predicted molar refractivity (Wildman–Crippen MR) is 71.0 cm³/mol. The Bertz CT molecular complexity index is 525. The quantitative estimate of drug-likeness (QED) is 0.795. The summed E-state index contributed by atoms with van der Waals surface area (Å²) in [5.74, 6) is -1.30. The summed E-state index contributed by atoms with van der Waals surface area (Å²) < 4.78 is 16.5. The third-order valence-electron chi connectivity index (χ3n) is 3.23. The van der Waals surface area contributed by atoms with Gasteiger partial charge in [0.2, 0.25) is 0 Å². The maximum absolute atomic E-state index is 11.3. The first-order valence-electron chi connectivity index (χ1n) is 6.60. The van der Waals surface area contributed by atoms with Crippen LogP contribution in [0.15, 0.2) is 24.3 Å². The van der Waals surface area contributed by atoms with Crippen LogP contribution in [0, 0.1) is 0 Å². The van der Waals surface area contributed by atoms with Crippen LogP contribution in [0.3, 0.4) is 0 Å². The van der Waals surface area contributed by atoms with Crippen LogP contribution in [0.1, 0.15) is 45.3 Å². The van der Waals surface area contributed by atoms with Crippen LogP contribution in [0.2, 0.25) is 0 Å². The first-order chi connectivity index (χ1) is 9.46. The second-order valence-electron chi connectivity index (χ2n) is 4.80. The smallest absolute Gasteiger partial charge is 0.305 e. The van der Waals surface area contributed by atoms with E-state index < -0.39 is 17.9 Å². The van der Waals surface area contributed by atoms with Gasteiger partial charge in [-0.15, -0.1) is 0 Å². The maximum atomic E-state index is 11.3. The highest BCUT2D eigenvalue weighted by Gasteiger charge is 2.43. The van der Waals surface area contributed by atoms with E-state index in [1.165, 1.54) is 13.8 Å². The van der Waals surface area contributed by atoms with E-state index in [-0.39, 0.29) is 5.97 Å². The van der Waals surface area contributed by atoms with Crippen molar-refractivity contribution < 1.29 is 23.8 Å². The average Bonchev–Trinajstić information content (AvgIpc) is 2.37. The zero-order chi connectivity index (χ0) is 14.8. The van der Waals surface area contributed by atoms with Crippen molar-refractivity contribution in [3.8, 4) is 5.75 Å². The third kappa shape index (κ3) is 2.92. The molecule has 2 unspecified atom stereocenters. The number of ether oxygens (including phenoxy) is 3. The maximum Gasteiger partial charge on any atom is 0.305 e. The molecule has 2 rings (SSSR count). The van der Waals surface area contributed by atoms with Gasteiger partial charge in [-0.1, -0.05) is 25.1 Å². The fourth-order valence-electron chi connectivity index (χ4n) is 2.39. The number of esters is 2. The molecule has 1 heterocycles. The van der Waals surface area contributed by atoms with Crippen molar-refractivity contribution in [3.63, 3.8) is 0 Å². The summed E-state index contributed by atoms with van der Waals surface area (Å²) in [5.41, 5.74) is 0.791. The highest BCUT2D eigenvalue weighted by molar-refractivity contribution is 5.67. The molecule has 1 aromatic rings. The van der Waals surface area contributed by atoms with Gasteiger partial charge in [-0.25, -0.2) is 0 Å². The summed E-state index contributed by atoms with van der Waals surface area (Å²) >= 11 is 0. The van der Waals surface area contributed by atoms with Crippen LogP contribution in [-0.2, 0) is 19.1 Å². The molecule has 5 heteroatoms. The zero-order valence-electron chi connectivity index (χ0n) is 11.8. The molecule has 1 aliphatic heterocycles. The molecular formula is C15H18O5. The topological polar surface area (TPSA) is 61.8 Å². The van der Waals surface area contributed by atoms with Gasteiger partial charge in [0, 0.05) is 25.8 Å². The lowest BCUT2D eigenvalue weighted by atomic mass is 9.95. The molecule has 0 saturated heterocycles. The average molecular weight is 278 g/mol. The van der Waals surface area contributed by atoms with Gasteiger partial charge in [0.15, 0.2) is 0 Å². The first kappa shape index (κ1) is 14.4. The molecule has 108 valence electrons. The van der Waals surface area contributed by atoms with Gasteiger partial charge in [-0.2, -0.15) is 0 Å². The van der Waals surface area contributed by atoms with Crippen molar-refractivity contribution in [2.45, 2.75) is 45.5 Å². The summed E-state index contributed by atoms with van der Waals surface area (Å²) in [7, 11) is 0. The molecule has 2 atom stereocenters. The van der Waals surface area contributed by atoms with Crippen LogP contribution >= 0.6 is 0 Å². The van der Waals surface area contributed by atoms with Gasteiger partial charge in [0.05, 0.1) is 6.42 Å². The number of carbonyl (C=O) groups is 2. The van der Waals surface area contributed by atoms with Gasteiger partial charge in [-0.05, 0) is 6.07 Å². The molecule has 5 nitrogen and oxygen atoms in total. The van der Waals surface area contributed by atoms with Crippen molar-refractivity contribution in [1.29, 1.82) is 0 Å². The fourth-order valence-corrected chi connectivity index (χ4v) is 2.39. The summed E-state index contributed by atoms with van der Waals surface area (Å²) in [4.78, 5) is 22.6. The van der Waals surface area contributed by atoms with Crippen LogP contribution in [0.25, 0.3) is 0 Å². The number of hydrogen-bond acceptors (Lipinski definition) is 5. The summed E-state index contributed by atoms with van der Waals surface area (Å²) in [5, 5.41) is 0. The first-order valence-corrected chi connectivity index (χ1v) is 6.60. The Kier molecular flexibility index (Phi) is 3.97. The Morgan fingerprint density at radius 1 is 1.30 bits per heavy atom.